The third kappa shape index (κ3) is 3.92. The third-order valence-corrected chi connectivity index (χ3v) is 5.71. The van der Waals surface area contributed by atoms with E-state index in [1.54, 1.807) is 50.7 Å². The second-order valence-corrected chi connectivity index (χ2v) is 8.67. The minimum Gasteiger partial charge on any atom is -0.497 e. The summed E-state index contributed by atoms with van der Waals surface area (Å²) in [4.78, 5) is 9.27. The summed E-state index contributed by atoms with van der Waals surface area (Å²) >= 11 is 0. The molecule has 0 spiro atoms. The van der Waals surface area contributed by atoms with Gasteiger partial charge in [-0.05, 0) is 30.3 Å². The SMILES string of the molecule is COc1cc(Nc2ncc3ccn(-c4ccc(S(C)(=O)=O)cc4)c3n2)cc(OC)c1. The normalized spacial score (nSPS) is 11.4. The quantitative estimate of drug-likeness (QED) is 0.505. The first-order chi connectivity index (χ1) is 14.4. The summed E-state index contributed by atoms with van der Waals surface area (Å²) in [7, 11) is -0.0764. The van der Waals surface area contributed by atoms with Gasteiger partial charge in [-0.3, -0.25) is 0 Å². The zero-order valence-electron chi connectivity index (χ0n) is 16.7. The van der Waals surface area contributed by atoms with Crippen LogP contribution in [0.4, 0.5) is 11.6 Å². The number of nitrogens with zero attached hydrogens (tertiary/aromatic N) is 3. The molecule has 0 saturated heterocycles. The van der Waals surface area contributed by atoms with Gasteiger partial charge in [-0.15, -0.1) is 0 Å². The van der Waals surface area contributed by atoms with Crippen LogP contribution in [0.25, 0.3) is 16.7 Å². The number of hydrogen-bond acceptors (Lipinski definition) is 7. The molecule has 8 nitrogen and oxygen atoms in total. The van der Waals surface area contributed by atoms with Crippen LogP contribution in [-0.2, 0) is 9.84 Å². The van der Waals surface area contributed by atoms with Crippen LogP contribution in [-0.4, -0.2) is 43.4 Å². The van der Waals surface area contributed by atoms with Gasteiger partial charge in [0.25, 0.3) is 0 Å². The molecule has 2 aromatic heterocycles. The van der Waals surface area contributed by atoms with E-state index < -0.39 is 9.84 Å². The first kappa shape index (κ1) is 19.7. The Morgan fingerprint density at radius 1 is 0.967 bits per heavy atom. The van der Waals surface area contributed by atoms with Crippen molar-refractivity contribution >= 4 is 32.5 Å². The van der Waals surface area contributed by atoms with Gasteiger partial charge < -0.3 is 19.4 Å². The van der Waals surface area contributed by atoms with Gasteiger partial charge in [-0.1, -0.05) is 0 Å². The number of rotatable bonds is 6. The maximum atomic E-state index is 11.7. The maximum absolute atomic E-state index is 11.7. The fourth-order valence-electron chi connectivity index (χ4n) is 3.05. The number of benzene rings is 2. The van der Waals surface area contributed by atoms with Crippen LogP contribution in [0.3, 0.4) is 0 Å². The number of methoxy groups -OCH3 is 2. The molecule has 0 bridgehead atoms. The van der Waals surface area contributed by atoms with Gasteiger partial charge in [0.2, 0.25) is 5.95 Å². The minimum atomic E-state index is -3.25. The molecule has 9 heteroatoms. The molecule has 0 amide bonds. The second kappa shape index (κ2) is 7.68. The highest BCUT2D eigenvalue weighted by Crippen LogP contribution is 2.28. The van der Waals surface area contributed by atoms with Gasteiger partial charge in [0.05, 0.1) is 19.1 Å². The average Bonchev–Trinajstić information content (AvgIpc) is 3.16. The van der Waals surface area contributed by atoms with E-state index in [-0.39, 0.29) is 4.90 Å². The molecule has 154 valence electrons. The van der Waals surface area contributed by atoms with E-state index in [4.69, 9.17) is 9.47 Å². The number of sulfone groups is 1. The topological polar surface area (TPSA) is 95.3 Å². The van der Waals surface area contributed by atoms with Crippen LogP contribution in [0.1, 0.15) is 0 Å². The molecule has 0 unspecified atom stereocenters. The molecule has 2 heterocycles. The fraction of sp³-hybridized carbons (Fsp3) is 0.143. The van der Waals surface area contributed by atoms with Crippen LogP contribution >= 0.6 is 0 Å². The Labute approximate surface area is 174 Å². The van der Waals surface area contributed by atoms with Crippen molar-refractivity contribution in [2.75, 3.05) is 25.8 Å². The first-order valence-electron chi connectivity index (χ1n) is 9.02. The molecule has 2 aromatic carbocycles. The molecule has 4 aromatic rings. The lowest BCUT2D eigenvalue weighted by Gasteiger charge is -2.10. The van der Waals surface area contributed by atoms with Crippen molar-refractivity contribution in [1.29, 1.82) is 0 Å². The van der Waals surface area contributed by atoms with E-state index in [0.29, 0.717) is 23.1 Å². The van der Waals surface area contributed by atoms with Crippen molar-refractivity contribution in [2.45, 2.75) is 4.90 Å². The predicted octanol–water partition coefficient (Wildman–Crippen LogP) is 3.58. The first-order valence-corrected chi connectivity index (χ1v) is 10.9. The number of fused-ring (bicyclic) bond motifs is 1. The number of aromatic nitrogens is 3. The van der Waals surface area contributed by atoms with Crippen LogP contribution in [0.2, 0.25) is 0 Å². The summed E-state index contributed by atoms with van der Waals surface area (Å²) in [5, 5.41) is 4.03. The molecule has 0 saturated carbocycles. The van der Waals surface area contributed by atoms with Crippen molar-refractivity contribution in [1.82, 2.24) is 14.5 Å². The standard InChI is InChI=1S/C21H20N4O4S/c1-28-17-10-15(11-18(12-17)29-2)23-21-22-13-14-8-9-25(20(14)24-21)16-4-6-19(7-5-16)30(3,26)27/h4-13H,1-3H3,(H,22,23,24). The van der Waals surface area contributed by atoms with Crippen molar-refractivity contribution in [2.24, 2.45) is 0 Å². The molecule has 1 N–H and O–H groups in total. The monoisotopic (exact) mass is 424 g/mol. The summed E-state index contributed by atoms with van der Waals surface area (Å²) < 4.78 is 35.9. The van der Waals surface area contributed by atoms with Crippen molar-refractivity contribution in [3.63, 3.8) is 0 Å². The van der Waals surface area contributed by atoms with Crippen molar-refractivity contribution < 1.29 is 17.9 Å². The van der Waals surface area contributed by atoms with Crippen molar-refractivity contribution in [3.8, 4) is 17.2 Å². The number of hydrogen-bond donors (Lipinski definition) is 1. The molecule has 0 fully saturated rings. The minimum absolute atomic E-state index is 0.270. The Morgan fingerprint density at radius 3 is 2.23 bits per heavy atom. The van der Waals surface area contributed by atoms with E-state index in [0.717, 1.165) is 16.8 Å². The zero-order chi connectivity index (χ0) is 21.3. The van der Waals surface area contributed by atoms with Crippen molar-refractivity contribution in [3.05, 3.63) is 60.9 Å². The number of nitrogens with one attached hydrogen (secondary N) is 1. The fourth-order valence-corrected chi connectivity index (χ4v) is 3.68. The molecular formula is C21H20N4O4S. The average molecular weight is 424 g/mol. The summed E-state index contributed by atoms with van der Waals surface area (Å²) in [5.74, 6) is 1.70. The van der Waals surface area contributed by atoms with E-state index in [1.165, 1.54) is 6.26 Å². The maximum Gasteiger partial charge on any atom is 0.229 e. The molecule has 4 rings (SSSR count). The van der Waals surface area contributed by atoms with Gasteiger partial charge in [0.1, 0.15) is 17.1 Å². The lowest BCUT2D eigenvalue weighted by Crippen LogP contribution is -2.01. The van der Waals surface area contributed by atoms with Crippen LogP contribution < -0.4 is 14.8 Å². The Kier molecular flexibility index (Phi) is 5.04. The molecule has 0 aliphatic heterocycles. The van der Waals surface area contributed by atoms with Crippen LogP contribution in [0.15, 0.2) is 65.8 Å². The Balaban J connectivity index is 1.70. The highest BCUT2D eigenvalue weighted by Gasteiger charge is 2.11. The zero-order valence-corrected chi connectivity index (χ0v) is 17.5. The van der Waals surface area contributed by atoms with Gasteiger partial charge >= 0.3 is 0 Å². The van der Waals surface area contributed by atoms with Crippen LogP contribution in [0, 0.1) is 0 Å². The van der Waals surface area contributed by atoms with Crippen LogP contribution in [0.5, 0.6) is 11.5 Å². The highest BCUT2D eigenvalue weighted by molar-refractivity contribution is 7.90. The Hall–Kier alpha value is -3.59. The smallest absolute Gasteiger partial charge is 0.229 e. The summed E-state index contributed by atoms with van der Waals surface area (Å²) in [5.41, 5.74) is 2.21. The molecule has 0 aliphatic rings. The molecule has 30 heavy (non-hydrogen) atoms. The summed E-state index contributed by atoms with van der Waals surface area (Å²) in [6, 6.07) is 14.0. The van der Waals surface area contributed by atoms with Gasteiger partial charge in [0, 0.05) is 53.6 Å². The molecule has 0 radical (unpaired) electrons. The Morgan fingerprint density at radius 2 is 1.63 bits per heavy atom. The van der Waals surface area contributed by atoms with E-state index in [1.807, 2.05) is 29.0 Å². The Bertz CT molecular complexity index is 1290. The summed E-state index contributed by atoms with van der Waals surface area (Å²) in [6.07, 6.45) is 4.78. The summed E-state index contributed by atoms with van der Waals surface area (Å²) in [6.45, 7) is 0. The van der Waals surface area contributed by atoms with Gasteiger partial charge in [-0.25, -0.2) is 13.4 Å². The third-order valence-electron chi connectivity index (χ3n) is 4.58. The lowest BCUT2D eigenvalue weighted by atomic mass is 10.3. The van der Waals surface area contributed by atoms with Gasteiger partial charge in [-0.2, -0.15) is 4.98 Å². The van der Waals surface area contributed by atoms with E-state index >= 15 is 0 Å². The number of anilines is 2. The van der Waals surface area contributed by atoms with Gasteiger partial charge in [0.15, 0.2) is 9.84 Å². The molecule has 0 atom stereocenters. The number of ether oxygens (including phenoxy) is 2. The molecular weight excluding hydrogens is 404 g/mol. The second-order valence-electron chi connectivity index (χ2n) is 6.65. The predicted molar refractivity (Wildman–Crippen MR) is 115 cm³/mol. The van der Waals surface area contributed by atoms with E-state index in [2.05, 4.69) is 15.3 Å². The molecule has 0 aliphatic carbocycles. The largest absolute Gasteiger partial charge is 0.497 e. The lowest BCUT2D eigenvalue weighted by molar-refractivity contribution is 0.395. The van der Waals surface area contributed by atoms with E-state index in [9.17, 15) is 8.42 Å². The highest BCUT2D eigenvalue weighted by atomic mass is 32.2.